The first-order valence-corrected chi connectivity index (χ1v) is 20.2. The number of carbonyl (C=O) groups is 2. The van der Waals surface area contributed by atoms with Gasteiger partial charge in [0.15, 0.2) is 9.30 Å². The highest BCUT2D eigenvalue weighted by Gasteiger charge is 2.40. The van der Waals surface area contributed by atoms with Crippen molar-refractivity contribution in [3.63, 3.8) is 0 Å². The predicted molar refractivity (Wildman–Crippen MR) is 234 cm³/mol. The Morgan fingerprint density at radius 3 is 1.76 bits per heavy atom. The van der Waals surface area contributed by atoms with E-state index in [9.17, 15) is 19.8 Å². The van der Waals surface area contributed by atoms with Crippen molar-refractivity contribution in [3.05, 3.63) is 98.2 Å². The molecule has 0 fully saturated rings. The standard InChI is InChI=1S/C30H21I7N2O7/c31-21-12-20(13-22(32)26(21)40)45-27-23(33)9-16(10-24(27)34)11-25(38)28(41)46-19-7-5-18(6-8-19)44-17-3-1-15(2-4-17)14-30(35,29(42)43)39(36)37/h1-10,12-13,25,40H,11,14,38H2,(H,42,43). The molecule has 4 rings (SSSR count). The number of carbonyl (C=O) groups excluding carboxylic acids is 1. The number of hydrogen-bond acceptors (Lipinski definition) is 8. The molecule has 0 saturated heterocycles. The first-order valence-electron chi connectivity index (χ1n) is 12.9. The molecule has 0 aliphatic rings. The summed E-state index contributed by atoms with van der Waals surface area (Å²) >= 11 is 14.4. The second kappa shape index (κ2) is 17.5. The molecular weight excluding hydrogens is 1390 g/mol. The topological polar surface area (TPSA) is 132 Å². The molecule has 0 aromatic heterocycles. The minimum Gasteiger partial charge on any atom is -0.506 e. The van der Waals surface area contributed by atoms with Crippen LogP contribution in [-0.4, -0.2) is 33.1 Å². The van der Waals surface area contributed by atoms with E-state index in [0.717, 1.165) is 18.3 Å². The molecular formula is C30H21I7N2O7. The number of aromatic hydroxyl groups is 1. The van der Waals surface area contributed by atoms with Gasteiger partial charge in [0.2, 0.25) is 0 Å². The van der Waals surface area contributed by atoms with Crippen LogP contribution in [0.5, 0.6) is 34.5 Å². The van der Waals surface area contributed by atoms with Crippen molar-refractivity contribution in [2.75, 3.05) is 0 Å². The van der Waals surface area contributed by atoms with Gasteiger partial charge >= 0.3 is 11.9 Å². The zero-order valence-electron chi connectivity index (χ0n) is 23.0. The first-order chi connectivity index (χ1) is 21.7. The number of rotatable bonds is 12. The quantitative estimate of drug-likeness (QED) is 0.0317. The van der Waals surface area contributed by atoms with Gasteiger partial charge in [-0.1, -0.05) is 12.1 Å². The second-order valence-corrected chi connectivity index (χ2v) is 19.9. The Morgan fingerprint density at radius 2 is 1.26 bits per heavy atom. The zero-order chi connectivity index (χ0) is 33.8. The van der Waals surface area contributed by atoms with Gasteiger partial charge in [0.05, 0.1) is 14.3 Å². The molecule has 0 radical (unpaired) electrons. The molecule has 0 saturated carbocycles. The van der Waals surface area contributed by atoms with Crippen LogP contribution in [0.25, 0.3) is 0 Å². The zero-order valence-corrected chi connectivity index (χ0v) is 38.1. The maximum atomic E-state index is 12.8. The number of esters is 1. The average molecular weight is 1410 g/mol. The second-order valence-electron chi connectivity index (χ2n) is 9.65. The number of aliphatic carboxylic acids is 1. The molecule has 0 bridgehead atoms. The summed E-state index contributed by atoms with van der Waals surface area (Å²) in [5, 5.41) is 19.7. The van der Waals surface area contributed by atoms with Gasteiger partial charge in [0, 0.05) is 52.1 Å². The number of carboxylic acids is 1. The summed E-state index contributed by atoms with van der Waals surface area (Å²) in [5.41, 5.74) is 7.94. The number of phenols is 1. The van der Waals surface area contributed by atoms with Crippen LogP contribution in [0.4, 0.5) is 0 Å². The maximum Gasteiger partial charge on any atom is 0.336 e. The highest BCUT2D eigenvalue weighted by Crippen LogP contribution is 2.38. The van der Waals surface area contributed by atoms with Crippen LogP contribution < -0.4 is 19.9 Å². The Bertz CT molecular complexity index is 1700. The van der Waals surface area contributed by atoms with Gasteiger partial charge in [-0.3, -0.25) is 0 Å². The van der Waals surface area contributed by atoms with Gasteiger partial charge in [0.25, 0.3) is 0 Å². The van der Waals surface area contributed by atoms with Gasteiger partial charge in [-0.15, -0.1) is 0 Å². The number of nitrogens with two attached hydrogens (primary N) is 1. The Labute approximate surface area is 361 Å². The van der Waals surface area contributed by atoms with Crippen LogP contribution in [0, 0.1) is 14.3 Å². The van der Waals surface area contributed by atoms with E-state index in [4.69, 9.17) is 19.9 Å². The van der Waals surface area contributed by atoms with Crippen LogP contribution in [0.2, 0.25) is 0 Å². The fourth-order valence-electron chi connectivity index (χ4n) is 3.94. The van der Waals surface area contributed by atoms with E-state index in [2.05, 4.69) is 90.4 Å². The fraction of sp³-hybridized carbons (Fsp3) is 0.133. The summed E-state index contributed by atoms with van der Waals surface area (Å²) in [5.74, 6) is 1.50. The molecule has 4 N–H and O–H groups in total. The summed E-state index contributed by atoms with van der Waals surface area (Å²) < 4.78 is 21.2. The lowest BCUT2D eigenvalue weighted by molar-refractivity contribution is -0.140. The minimum atomic E-state index is -1.08. The lowest BCUT2D eigenvalue weighted by atomic mass is 10.1. The van der Waals surface area contributed by atoms with E-state index in [1.54, 1.807) is 49.9 Å². The molecule has 4 aromatic rings. The normalized spacial score (nSPS) is 13.2. The fourth-order valence-corrected chi connectivity index (χ4v) is 8.96. The third-order valence-electron chi connectivity index (χ3n) is 6.26. The summed E-state index contributed by atoms with van der Waals surface area (Å²) in [6.07, 6.45) is 0.589. The van der Waals surface area contributed by atoms with Crippen molar-refractivity contribution >= 4 is 171 Å². The van der Waals surface area contributed by atoms with E-state index < -0.39 is 21.5 Å². The molecule has 0 heterocycles. The number of nitrogens with zero attached hydrogens (tertiary/aromatic N) is 1. The third-order valence-corrected chi connectivity index (χ3v) is 14.3. The lowest BCUT2D eigenvalue weighted by Gasteiger charge is -2.26. The Balaban J connectivity index is 1.33. The molecule has 16 heteroatoms. The predicted octanol–water partition coefficient (Wildman–Crippen LogP) is 9.63. The van der Waals surface area contributed by atoms with E-state index in [1.807, 2.05) is 92.6 Å². The average Bonchev–Trinajstić information content (AvgIpc) is 2.99. The van der Waals surface area contributed by atoms with Gasteiger partial charge in [0.1, 0.15) is 34.8 Å². The SMILES string of the molecule is NC(Cc1cc(I)c(Oc2cc(I)c(O)c(I)c2)c(I)c1)C(=O)Oc1ccc(Oc2ccc(CC(I)(C(=O)O)N(I)I)cc2)cc1. The molecule has 9 nitrogen and oxygen atoms in total. The third kappa shape index (κ3) is 10.4. The van der Waals surface area contributed by atoms with E-state index in [1.165, 1.54) is 0 Å². The molecule has 0 spiro atoms. The Hall–Kier alpha value is 0.250. The van der Waals surface area contributed by atoms with Crippen molar-refractivity contribution in [2.45, 2.75) is 22.4 Å². The number of alkyl halides is 1. The van der Waals surface area contributed by atoms with E-state index in [0.29, 0.717) is 42.3 Å². The smallest absolute Gasteiger partial charge is 0.336 e. The van der Waals surface area contributed by atoms with Gasteiger partial charge in [-0.05, 0) is 191 Å². The van der Waals surface area contributed by atoms with Gasteiger partial charge < -0.3 is 30.2 Å². The Morgan fingerprint density at radius 1 is 0.761 bits per heavy atom. The molecule has 242 valence electrons. The van der Waals surface area contributed by atoms with Crippen LogP contribution in [-0.2, 0) is 22.4 Å². The van der Waals surface area contributed by atoms with Crippen molar-refractivity contribution in [3.8, 4) is 34.5 Å². The number of carboxylic acid groups (broad SMARTS) is 1. The van der Waals surface area contributed by atoms with Gasteiger partial charge in [-0.25, -0.2) is 9.59 Å². The number of phenolic OH excluding ortho intramolecular Hbond substituents is 1. The number of ether oxygens (including phenoxy) is 3. The monoisotopic (exact) mass is 1410 g/mol. The summed E-state index contributed by atoms with van der Waals surface area (Å²) in [7, 11) is 0. The largest absolute Gasteiger partial charge is 0.506 e. The highest BCUT2D eigenvalue weighted by atomic mass is 127. The highest BCUT2D eigenvalue weighted by molar-refractivity contribution is 14.2. The summed E-state index contributed by atoms with van der Waals surface area (Å²) in [6.45, 7) is 0. The van der Waals surface area contributed by atoms with Crippen molar-refractivity contribution in [1.29, 1.82) is 0 Å². The number of halogens is 7. The molecule has 0 aliphatic carbocycles. The number of hydrogen-bond donors (Lipinski definition) is 3. The van der Waals surface area contributed by atoms with Crippen LogP contribution in [0.1, 0.15) is 11.1 Å². The van der Waals surface area contributed by atoms with Gasteiger partial charge in [-0.2, -0.15) is 1.33 Å². The van der Waals surface area contributed by atoms with Crippen molar-refractivity contribution < 1.29 is 34.0 Å². The van der Waals surface area contributed by atoms with Crippen LogP contribution in [0.3, 0.4) is 0 Å². The van der Waals surface area contributed by atoms with Crippen molar-refractivity contribution in [1.82, 2.24) is 1.33 Å². The summed E-state index contributed by atoms with van der Waals surface area (Å²) in [4.78, 5) is 24.6. The Kier molecular flexibility index (Phi) is 14.8. The number of benzene rings is 4. The molecule has 4 aromatic carbocycles. The molecule has 2 unspecified atom stereocenters. The maximum absolute atomic E-state index is 12.8. The summed E-state index contributed by atoms with van der Waals surface area (Å²) in [6, 6.07) is 20.4. The molecule has 0 amide bonds. The lowest BCUT2D eigenvalue weighted by Crippen LogP contribution is -2.41. The molecule has 46 heavy (non-hydrogen) atoms. The first kappa shape index (κ1) is 39.0. The van der Waals surface area contributed by atoms with Crippen LogP contribution in [0.15, 0.2) is 72.8 Å². The van der Waals surface area contributed by atoms with E-state index >= 15 is 0 Å². The van der Waals surface area contributed by atoms with Crippen molar-refractivity contribution in [2.24, 2.45) is 5.73 Å². The van der Waals surface area contributed by atoms with E-state index in [-0.39, 0.29) is 12.2 Å². The minimum absolute atomic E-state index is 0.226. The van der Waals surface area contributed by atoms with Crippen LogP contribution >= 0.6 is 159 Å². The molecule has 2 atom stereocenters. The molecule has 0 aliphatic heterocycles.